The molecule has 0 aliphatic carbocycles. The first-order valence-electron chi connectivity index (χ1n) is 14.2. The van der Waals surface area contributed by atoms with E-state index in [1.165, 1.54) is 6.33 Å². The molecule has 0 radical (unpaired) electrons. The van der Waals surface area contributed by atoms with E-state index >= 15 is 0 Å². The van der Waals surface area contributed by atoms with Crippen LogP contribution in [0.3, 0.4) is 0 Å². The number of benzene rings is 1. The van der Waals surface area contributed by atoms with E-state index in [1.807, 2.05) is 34.9 Å². The van der Waals surface area contributed by atoms with Gasteiger partial charge in [0.15, 0.2) is 5.82 Å². The SMILES string of the molecule is CS[C@H]1CC(c2nn3ccc(Cl)c3c(=O)n2-c2ccccc2)N(c2ncnc3c2c(C#N)cn3COCC[Si](C)(C)C)C1. The van der Waals surface area contributed by atoms with Gasteiger partial charge in [0.2, 0.25) is 0 Å². The molecule has 0 saturated carbocycles. The second-order valence-electron chi connectivity index (χ2n) is 11.9. The molecule has 1 aromatic carbocycles. The molecule has 43 heavy (non-hydrogen) atoms. The van der Waals surface area contributed by atoms with E-state index in [0.717, 1.165) is 12.5 Å². The zero-order chi connectivity index (χ0) is 30.3. The predicted octanol–water partition coefficient (Wildman–Crippen LogP) is 5.75. The van der Waals surface area contributed by atoms with Crippen molar-refractivity contribution >= 4 is 53.8 Å². The first-order valence-corrected chi connectivity index (χ1v) is 19.5. The lowest BCUT2D eigenvalue weighted by molar-refractivity contribution is 0.0898. The third-order valence-electron chi connectivity index (χ3n) is 7.82. The van der Waals surface area contributed by atoms with Crippen molar-refractivity contribution in [2.75, 3.05) is 24.3 Å². The van der Waals surface area contributed by atoms with E-state index in [9.17, 15) is 10.1 Å². The van der Waals surface area contributed by atoms with Crippen molar-refractivity contribution in [3.63, 3.8) is 0 Å². The standard InChI is InChI=1S/C30H33ClN8O2SSi/c1-42-22-14-24(27-35-38-11-10-23(31)26(38)30(40)39(27)21-8-6-5-7-9-21)37(17-22)29-25-20(15-32)16-36(28(25)33-18-34-29)19-41-12-13-43(2,3)4/h5-11,16,18,22,24H,12-14,17,19H2,1-4H3/t22-,24?/m0/s1. The zero-order valence-corrected chi connectivity index (χ0v) is 27.1. The predicted molar refractivity (Wildman–Crippen MR) is 174 cm³/mol. The van der Waals surface area contributed by atoms with Crippen LogP contribution >= 0.6 is 23.4 Å². The summed E-state index contributed by atoms with van der Waals surface area (Å²) in [4.78, 5) is 25.5. The Kier molecular flexibility index (Phi) is 8.08. The highest BCUT2D eigenvalue weighted by Crippen LogP contribution is 2.42. The second kappa shape index (κ2) is 11.8. The molecule has 1 fully saturated rings. The molecule has 0 spiro atoms. The van der Waals surface area contributed by atoms with Crippen molar-refractivity contribution in [2.45, 2.75) is 50.1 Å². The maximum absolute atomic E-state index is 14.0. The fourth-order valence-electron chi connectivity index (χ4n) is 5.59. The quantitative estimate of drug-likeness (QED) is 0.149. The molecule has 5 aromatic rings. The van der Waals surface area contributed by atoms with Crippen LogP contribution in [0.4, 0.5) is 5.82 Å². The number of thioether (sulfide) groups is 1. The molecular weight excluding hydrogens is 600 g/mol. The van der Waals surface area contributed by atoms with Gasteiger partial charge in [-0.25, -0.2) is 14.5 Å². The molecule has 0 N–H and O–H groups in total. The number of ether oxygens (including phenoxy) is 1. The molecule has 1 unspecified atom stereocenters. The fourth-order valence-corrected chi connectivity index (χ4v) is 7.25. The van der Waals surface area contributed by atoms with Crippen LogP contribution in [0, 0.1) is 11.3 Å². The minimum atomic E-state index is -1.24. The number of para-hydroxylation sites is 1. The Morgan fingerprint density at radius 3 is 2.70 bits per heavy atom. The Morgan fingerprint density at radius 1 is 1.19 bits per heavy atom. The Labute approximate surface area is 259 Å². The topological polar surface area (TPSA) is 106 Å². The van der Waals surface area contributed by atoms with Crippen molar-refractivity contribution in [2.24, 2.45) is 0 Å². The van der Waals surface area contributed by atoms with Gasteiger partial charge in [-0.3, -0.25) is 9.36 Å². The number of hydrogen-bond acceptors (Lipinski definition) is 8. The van der Waals surface area contributed by atoms with Gasteiger partial charge in [0.1, 0.15) is 36.1 Å². The summed E-state index contributed by atoms with van der Waals surface area (Å²) in [6.07, 6.45) is 7.85. The highest BCUT2D eigenvalue weighted by Gasteiger charge is 2.39. The average Bonchev–Trinajstić information content (AvgIpc) is 3.70. The van der Waals surface area contributed by atoms with E-state index in [2.05, 4.69) is 41.8 Å². The minimum Gasteiger partial charge on any atom is -0.361 e. The maximum Gasteiger partial charge on any atom is 0.284 e. The van der Waals surface area contributed by atoms with Crippen LogP contribution in [0.25, 0.3) is 22.2 Å². The number of fused-ring (bicyclic) bond motifs is 2. The number of rotatable bonds is 9. The smallest absolute Gasteiger partial charge is 0.284 e. The van der Waals surface area contributed by atoms with Crippen LogP contribution in [0.5, 0.6) is 0 Å². The van der Waals surface area contributed by atoms with Gasteiger partial charge in [0, 0.05) is 38.9 Å². The van der Waals surface area contributed by atoms with Crippen LogP contribution in [-0.2, 0) is 11.5 Å². The summed E-state index contributed by atoms with van der Waals surface area (Å²) >= 11 is 8.21. The molecular formula is C30H33ClN8O2SSi. The summed E-state index contributed by atoms with van der Waals surface area (Å²) in [5, 5.41) is 16.4. The summed E-state index contributed by atoms with van der Waals surface area (Å²) in [5.41, 5.74) is 1.90. The molecule has 1 aliphatic heterocycles. The van der Waals surface area contributed by atoms with Crippen LogP contribution in [0.2, 0.25) is 30.7 Å². The molecule has 5 heterocycles. The Morgan fingerprint density at radius 2 is 1.98 bits per heavy atom. The molecule has 4 aromatic heterocycles. The molecule has 222 valence electrons. The monoisotopic (exact) mass is 632 g/mol. The molecule has 2 atom stereocenters. The molecule has 10 nitrogen and oxygen atoms in total. The lowest BCUT2D eigenvalue weighted by Crippen LogP contribution is -2.33. The summed E-state index contributed by atoms with van der Waals surface area (Å²) in [6.45, 7) is 8.58. The number of nitrogens with zero attached hydrogens (tertiary/aromatic N) is 8. The van der Waals surface area contributed by atoms with Gasteiger partial charge in [-0.2, -0.15) is 22.1 Å². The number of nitriles is 1. The second-order valence-corrected chi connectivity index (χ2v) is 19.1. The van der Waals surface area contributed by atoms with Gasteiger partial charge in [0.05, 0.1) is 27.7 Å². The van der Waals surface area contributed by atoms with Crippen LogP contribution in [0.15, 0.2) is 59.9 Å². The fraction of sp³-hybridized carbons (Fsp3) is 0.367. The third kappa shape index (κ3) is 5.58. The van der Waals surface area contributed by atoms with Crippen molar-refractivity contribution in [3.05, 3.63) is 81.9 Å². The molecule has 1 aliphatic rings. The van der Waals surface area contributed by atoms with Crippen LogP contribution in [0.1, 0.15) is 23.9 Å². The normalized spacial score (nSPS) is 17.3. The number of hydrogen-bond donors (Lipinski definition) is 0. The van der Waals surface area contributed by atoms with E-state index in [1.54, 1.807) is 39.3 Å². The molecule has 0 bridgehead atoms. The largest absolute Gasteiger partial charge is 0.361 e. The Bertz CT molecular complexity index is 1890. The lowest BCUT2D eigenvalue weighted by Gasteiger charge is -2.27. The van der Waals surface area contributed by atoms with Gasteiger partial charge in [-0.15, -0.1) is 0 Å². The van der Waals surface area contributed by atoms with E-state index in [-0.39, 0.29) is 16.9 Å². The average molecular weight is 633 g/mol. The summed E-state index contributed by atoms with van der Waals surface area (Å²) in [5.74, 6) is 1.22. The summed E-state index contributed by atoms with van der Waals surface area (Å²) < 4.78 is 11.1. The van der Waals surface area contributed by atoms with E-state index in [0.29, 0.717) is 64.3 Å². The van der Waals surface area contributed by atoms with Crippen LogP contribution < -0.4 is 10.5 Å². The van der Waals surface area contributed by atoms with Crippen molar-refractivity contribution in [1.29, 1.82) is 5.26 Å². The highest BCUT2D eigenvalue weighted by atomic mass is 35.5. The highest BCUT2D eigenvalue weighted by molar-refractivity contribution is 7.99. The molecule has 1 saturated heterocycles. The molecule has 0 amide bonds. The van der Waals surface area contributed by atoms with Crippen LogP contribution in [-0.4, -0.2) is 61.4 Å². The first-order chi connectivity index (χ1) is 20.7. The molecule has 13 heteroatoms. The van der Waals surface area contributed by atoms with Gasteiger partial charge in [-0.05, 0) is 36.9 Å². The van der Waals surface area contributed by atoms with Crippen molar-refractivity contribution in [1.82, 2.24) is 28.7 Å². The Balaban J connectivity index is 1.48. The number of anilines is 1. The van der Waals surface area contributed by atoms with Gasteiger partial charge in [-0.1, -0.05) is 49.4 Å². The van der Waals surface area contributed by atoms with Gasteiger partial charge >= 0.3 is 0 Å². The molecule has 6 rings (SSSR count). The third-order valence-corrected chi connectivity index (χ3v) is 10.8. The lowest BCUT2D eigenvalue weighted by atomic mass is 10.1. The number of aromatic nitrogens is 6. The summed E-state index contributed by atoms with van der Waals surface area (Å²) in [6, 6.07) is 14.3. The van der Waals surface area contributed by atoms with Gasteiger partial charge < -0.3 is 14.2 Å². The first kappa shape index (κ1) is 29.4. The summed E-state index contributed by atoms with van der Waals surface area (Å²) in [7, 11) is -1.24. The van der Waals surface area contributed by atoms with E-state index < -0.39 is 8.07 Å². The van der Waals surface area contributed by atoms with Crippen molar-refractivity contribution in [3.8, 4) is 11.8 Å². The van der Waals surface area contributed by atoms with Gasteiger partial charge in [0.25, 0.3) is 5.56 Å². The Hall–Kier alpha value is -3.63. The zero-order valence-electron chi connectivity index (χ0n) is 24.6. The maximum atomic E-state index is 14.0. The van der Waals surface area contributed by atoms with Crippen molar-refractivity contribution < 1.29 is 4.74 Å². The minimum absolute atomic E-state index is 0.245. The van der Waals surface area contributed by atoms with E-state index in [4.69, 9.17) is 26.4 Å². The number of halogens is 1.